The Balaban J connectivity index is 1.83. The summed E-state index contributed by atoms with van der Waals surface area (Å²) >= 11 is 0. The van der Waals surface area contributed by atoms with Crippen LogP contribution in [0.15, 0.2) is 65.4 Å². The van der Waals surface area contributed by atoms with Crippen LogP contribution in [0.2, 0.25) is 0 Å². The van der Waals surface area contributed by atoms with Gasteiger partial charge in [-0.3, -0.25) is 9.80 Å². The van der Waals surface area contributed by atoms with Crippen molar-refractivity contribution >= 4 is 11.5 Å². The van der Waals surface area contributed by atoms with E-state index in [9.17, 15) is 4.79 Å². The molecule has 2 aromatic carbocycles. The second-order valence-corrected chi connectivity index (χ2v) is 7.25. The molecule has 4 nitrogen and oxygen atoms in total. The zero-order valence-corrected chi connectivity index (χ0v) is 16.0. The monoisotopic (exact) mass is 360 g/mol. The lowest BCUT2D eigenvalue weighted by Crippen LogP contribution is -2.28. The lowest BCUT2D eigenvalue weighted by Gasteiger charge is -2.31. The first-order chi connectivity index (χ1) is 13.1. The number of allylic oxidation sites excluding steroid dienone is 2. The SMILES string of the molecule is COc1ccc2c(c1)C1=NN(/C(C)=C\C(C)=O)[C@H](c3ccccc3)[C@@H]1CC2. The maximum atomic E-state index is 11.7. The molecule has 0 bridgehead atoms. The predicted molar refractivity (Wildman–Crippen MR) is 107 cm³/mol. The molecule has 1 aliphatic carbocycles. The first kappa shape index (κ1) is 17.5. The van der Waals surface area contributed by atoms with Gasteiger partial charge in [0.05, 0.1) is 18.9 Å². The van der Waals surface area contributed by atoms with Gasteiger partial charge in [-0.05, 0) is 49.9 Å². The largest absolute Gasteiger partial charge is 0.497 e. The van der Waals surface area contributed by atoms with Crippen LogP contribution in [0.3, 0.4) is 0 Å². The van der Waals surface area contributed by atoms with Crippen molar-refractivity contribution in [2.24, 2.45) is 11.0 Å². The number of hydrogen-bond donors (Lipinski definition) is 0. The van der Waals surface area contributed by atoms with Gasteiger partial charge in [0, 0.05) is 23.3 Å². The first-order valence-corrected chi connectivity index (χ1v) is 9.37. The number of ether oxygens (including phenoxy) is 1. The number of ketones is 1. The first-order valence-electron chi connectivity index (χ1n) is 9.37. The maximum absolute atomic E-state index is 11.7. The lowest BCUT2D eigenvalue weighted by molar-refractivity contribution is -0.112. The summed E-state index contributed by atoms with van der Waals surface area (Å²) in [6.07, 6.45) is 3.74. The fraction of sp³-hybridized carbons (Fsp3) is 0.304. The van der Waals surface area contributed by atoms with Crippen molar-refractivity contribution in [2.45, 2.75) is 32.7 Å². The smallest absolute Gasteiger partial charge is 0.154 e. The Morgan fingerprint density at radius 2 is 1.96 bits per heavy atom. The van der Waals surface area contributed by atoms with Crippen LogP contribution in [0, 0.1) is 5.92 Å². The molecule has 27 heavy (non-hydrogen) atoms. The molecule has 0 amide bonds. The predicted octanol–water partition coefficient (Wildman–Crippen LogP) is 4.51. The third-order valence-corrected chi connectivity index (χ3v) is 5.44. The topological polar surface area (TPSA) is 41.9 Å². The van der Waals surface area contributed by atoms with Crippen LogP contribution in [0.4, 0.5) is 0 Å². The molecule has 1 aliphatic heterocycles. The quantitative estimate of drug-likeness (QED) is 0.753. The summed E-state index contributed by atoms with van der Waals surface area (Å²) in [6, 6.07) is 16.8. The molecule has 1 heterocycles. The van der Waals surface area contributed by atoms with Crippen molar-refractivity contribution in [1.82, 2.24) is 5.01 Å². The molecule has 138 valence electrons. The van der Waals surface area contributed by atoms with Crippen molar-refractivity contribution in [2.75, 3.05) is 7.11 Å². The van der Waals surface area contributed by atoms with Gasteiger partial charge in [0.2, 0.25) is 0 Å². The van der Waals surface area contributed by atoms with Crippen LogP contribution in [0.5, 0.6) is 5.75 Å². The van der Waals surface area contributed by atoms with Crippen LogP contribution in [0.25, 0.3) is 0 Å². The Bertz CT molecular complexity index is 931. The average molecular weight is 360 g/mol. The van der Waals surface area contributed by atoms with Gasteiger partial charge >= 0.3 is 0 Å². The van der Waals surface area contributed by atoms with Gasteiger partial charge in [0.25, 0.3) is 0 Å². The van der Waals surface area contributed by atoms with E-state index in [0.717, 1.165) is 30.0 Å². The van der Waals surface area contributed by atoms with Gasteiger partial charge in [0.15, 0.2) is 5.78 Å². The molecule has 4 rings (SSSR count). The van der Waals surface area contributed by atoms with E-state index >= 15 is 0 Å². The molecule has 4 heteroatoms. The summed E-state index contributed by atoms with van der Waals surface area (Å²) in [7, 11) is 1.69. The summed E-state index contributed by atoms with van der Waals surface area (Å²) < 4.78 is 5.44. The Morgan fingerprint density at radius 1 is 1.19 bits per heavy atom. The third-order valence-electron chi connectivity index (χ3n) is 5.44. The molecule has 0 radical (unpaired) electrons. The van der Waals surface area contributed by atoms with E-state index in [2.05, 4.69) is 36.4 Å². The maximum Gasteiger partial charge on any atom is 0.154 e. The van der Waals surface area contributed by atoms with Gasteiger partial charge in [-0.15, -0.1) is 0 Å². The Kier molecular flexibility index (Phi) is 4.56. The van der Waals surface area contributed by atoms with Gasteiger partial charge in [-0.1, -0.05) is 36.4 Å². The number of carbonyl (C=O) groups is 1. The highest BCUT2D eigenvalue weighted by atomic mass is 16.5. The van der Waals surface area contributed by atoms with E-state index in [-0.39, 0.29) is 11.8 Å². The highest BCUT2D eigenvalue weighted by Crippen LogP contribution is 2.45. The average Bonchev–Trinajstić information content (AvgIpc) is 3.08. The Labute approximate surface area is 160 Å². The lowest BCUT2D eigenvalue weighted by atomic mass is 9.77. The summed E-state index contributed by atoms with van der Waals surface area (Å²) in [5, 5.41) is 7.04. The van der Waals surface area contributed by atoms with Crippen molar-refractivity contribution in [3.63, 3.8) is 0 Å². The molecule has 0 aromatic heterocycles. The summed E-state index contributed by atoms with van der Waals surface area (Å²) in [5.74, 6) is 1.18. The summed E-state index contributed by atoms with van der Waals surface area (Å²) in [4.78, 5) is 11.7. The fourth-order valence-corrected chi connectivity index (χ4v) is 4.25. The number of nitrogens with zero attached hydrogens (tertiary/aromatic N) is 2. The molecule has 0 saturated carbocycles. The molecule has 0 N–H and O–H groups in total. The van der Waals surface area contributed by atoms with E-state index in [1.807, 2.05) is 24.1 Å². The third kappa shape index (κ3) is 3.16. The van der Waals surface area contributed by atoms with E-state index in [1.165, 1.54) is 16.7 Å². The summed E-state index contributed by atoms with van der Waals surface area (Å²) in [6.45, 7) is 3.54. The number of aryl methyl sites for hydroxylation is 1. The number of benzene rings is 2. The minimum Gasteiger partial charge on any atom is -0.497 e. The highest BCUT2D eigenvalue weighted by Gasteiger charge is 2.42. The van der Waals surface area contributed by atoms with Gasteiger partial charge in [-0.2, -0.15) is 5.10 Å². The zero-order chi connectivity index (χ0) is 19.0. The van der Waals surface area contributed by atoms with Crippen LogP contribution in [-0.4, -0.2) is 23.6 Å². The van der Waals surface area contributed by atoms with Gasteiger partial charge in [0.1, 0.15) is 5.75 Å². The van der Waals surface area contributed by atoms with Crippen molar-refractivity contribution in [1.29, 1.82) is 0 Å². The fourth-order valence-electron chi connectivity index (χ4n) is 4.25. The van der Waals surface area contributed by atoms with Gasteiger partial charge in [-0.25, -0.2) is 0 Å². The molecule has 0 saturated heterocycles. The number of fused-ring (bicyclic) bond motifs is 3. The number of rotatable bonds is 4. The zero-order valence-electron chi connectivity index (χ0n) is 16.0. The van der Waals surface area contributed by atoms with Crippen LogP contribution >= 0.6 is 0 Å². The molecule has 2 atom stereocenters. The van der Waals surface area contributed by atoms with Crippen molar-refractivity contribution in [3.05, 3.63) is 77.0 Å². The van der Waals surface area contributed by atoms with Crippen LogP contribution in [0.1, 0.15) is 43.0 Å². The Morgan fingerprint density at radius 3 is 2.67 bits per heavy atom. The molecule has 2 aromatic rings. The second-order valence-electron chi connectivity index (χ2n) is 7.25. The van der Waals surface area contributed by atoms with Crippen molar-refractivity contribution < 1.29 is 9.53 Å². The molecular formula is C23H24N2O2. The molecular weight excluding hydrogens is 336 g/mol. The van der Waals surface area contributed by atoms with Gasteiger partial charge < -0.3 is 4.74 Å². The molecule has 0 fully saturated rings. The molecule has 2 aliphatic rings. The molecule has 0 spiro atoms. The molecule has 0 unspecified atom stereocenters. The normalized spacial score (nSPS) is 21.4. The standard InChI is InChI=1S/C23H24N2O2/c1-15(13-16(2)26)25-23(18-7-5-4-6-8-18)20-12-10-17-9-11-19(27-3)14-21(17)22(20)24-25/h4-9,11,13-14,20,23H,10,12H2,1-3H3/b15-13-/t20-,23-/m1/s1. The highest BCUT2D eigenvalue weighted by molar-refractivity contribution is 6.06. The number of hydrazone groups is 1. The van der Waals surface area contributed by atoms with Crippen molar-refractivity contribution in [3.8, 4) is 5.75 Å². The number of carbonyl (C=O) groups excluding carboxylic acids is 1. The van der Waals surface area contributed by atoms with E-state index in [0.29, 0.717) is 5.92 Å². The van der Waals surface area contributed by atoms with Crippen LogP contribution < -0.4 is 4.74 Å². The van der Waals surface area contributed by atoms with E-state index < -0.39 is 0 Å². The van der Waals surface area contributed by atoms with E-state index in [1.54, 1.807) is 20.1 Å². The minimum absolute atomic E-state index is 0.0384. The van der Waals surface area contributed by atoms with Crippen LogP contribution in [-0.2, 0) is 11.2 Å². The van der Waals surface area contributed by atoms with E-state index in [4.69, 9.17) is 9.84 Å². The summed E-state index contributed by atoms with van der Waals surface area (Å²) in [5.41, 5.74) is 5.68. The minimum atomic E-state index is 0.0384. The Hall–Kier alpha value is -2.88. The number of methoxy groups -OCH3 is 1. The second kappa shape index (κ2) is 7.03. The number of hydrogen-bond acceptors (Lipinski definition) is 4.